The zero-order valence-corrected chi connectivity index (χ0v) is 20.9. The van der Waals surface area contributed by atoms with Crippen LogP contribution in [-0.4, -0.2) is 37.5 Å². The van der Waals surface area contributed by atoms with E-state index in [9.17, 15) is 0 Å². The van der Waals surface area contributed by atoms with E-state index in [4.69, 9.17) is 26.5 Å². The molecule has 31 heavy (non-hydrogen) atoms. The van der Waals surface area contributed by atoms with E-state index in [-0.39, 0.29) is 16.2 Å². The topological polar surface area (TPSA) is 82.3 Å². The van der Waals surface area contributed by atoms with E-state index in [1.165, 1.54) is 11.9 Å². The van der Waals surface area contributed by atoms with Gasteiger partial charge in [-0.25, -0.2) is 9.97 Å². The SMILES string of the molecule is CC(C)(C)[Si](C)(C)OC[C@H]1C[C@@H](Nc2ncnc(Cl)c2N)[C@@H]1COCc1ccccc1. The summed E-state index contributed by atoms with van der Waals surface area (Å²) in [5.74, 6) is 1.32. The van der Waals surface area contributed by atoms with Gasteiger partial charge in [0.25, 0.3) is 0 Å². The Kier molecular flexibility index (Phi) is 7.62. The second-order valence-electron chi connectivity index (χ2n) is 9.91. The lowest BCUT2D eigenvalue weighted by Crippen LogP contribution is -2.52. The molecular weight excluding hydrogens is 428 g/mol. The first kappa shape index (κ1) is 24.0. The monoisotopic (exact) mass is 462 g/mol. The lowest BCUT2D eigenvalue weighted by Gasteiger charge is -2.47. The van der Waals surface area contributed by atoms with Gasteiger partial charge >= 0.3 is 0 Å². The Hall–Kier alpha value is -1.67. The summed E-state index contributed by atoms with van der Waals surface area (Å²) in [6.07, 6.45) is 2.41. The van der Waals surface area contributed by atoms with E-state index in [2.05, 4.69) is 61.3 Å². The van der Waals surface area contributed by atoms with Gasteiger partial charge in [0.1, 0.15) is 12.0 Å². The normalized spacial score (nSPS) is 21.5. The molecule has 170 valence electrons. The average molecular weight is 463 g/mol. The third kappa shape index (κ3) is 5.97. The van der Waals surface area contributed by atoms with Crippen molar-refractivity contribution in [3.63, 3.8) is 0 Å². The average Bonchev–Trinajstić information content (AvgIpc) is 2.70. The van der Waals surface area contributed by atoms with E-state index >= 15 is 0 Å². The van der Waals surface area contributed by atoms with Gasteiger partial charge in [0.2, 0.25) is 0 Å². The summed E-state index contributed by atoms with van der Waals surface area (Å²) in [5.41, 5.74) is 7.62. The zero-order chi connectivity index (χ0) is 22.6. The molecule has 6 nitrogen and oxygen atoms in total. The second-order valence-corrected chi connectivity index (χ2v) is 15.1. The second kappa shape index (κ2) is 9.86. The largest absolute Gasteiger partial charge is 0.417 e. The minimum absolute atomic E-state index is 0.194. The van der Waals surface area contributed by atoms with Crippen LogP contribution < -0.4 is 11.1 Å². The standard InChI is InChI=1S/C23H35ClN4O2Si/c1-23(2,3)31(4,5)30-13-17-11-19(28-22-20(25)21(24)26-15-27-22)18(17)14-29-12-16-9-7-6-8-10-16/h6-10,15,17-19H,11-14,25H2,1-5H3,(H,26,27,28)/t17-,18-,19-/m1/s1. The quantitative estimate of drug-likeness (QED) is 0.385. The van der Waals surface area contributed by atoms with Gasteiger partial charge in [-0.05, 0) is 36.0 Å². The van der Waals surface area contributed by atoms with Crippen molar-refractivity contribution in [3.05, 3.63) is 47.4 Å². The van der Waals surface area contributed by atoms with Crippen molar-refractivity contribution in [2.75, 3.05) is 24.3 Å². The van der Waals surface area contributed by atoms with E-state index in [1.807, 2.05) is 18.2 Å². The predicted octanol–water partition coefficient (Wildman–Crippen LogP) is 5.37. The molecular formula is C23H35ClN4O2Si. The molecule has 0 bridgehead atoms. The van der Waals surface area contributed by atoms with Crippen LogP contribution >= 0.6 is 11.6 Å². The molecule has 1 saturated carbocycles. The van der Waals surface area contributed by atoms with Crippen LogP contribution in [0.5, 0.6) is 0 Å². The van der Waals surface area contributed by atoms with Gasteiger partial charge in [-0.2, -0.15) is 0 Å². The highest BCUT2D eigenvalue weighted by Crippen LogP contribution is 2.42. The Morgan fingerprint density at radius 2 is 1.87 bits per heavy atom. The Labute approximate surface area is 192 Å². The van der Waals surface area contributed by atoms with Crippen molar-refractivity contribution in [2.24, 2.45) is 11.8 Å². The molecule has 0 aliphatic heterocycles. The number of nitrogens with zero attached hydrogens (tertiary/aromatic N) is 2. The summed E-state index contributed by atoms with van der Waals surface area (Å²) in [6.45, 7) is 13.4. The summed E-state index contributed by atoms with van der Waals surface area (Å²) >= 11 is 6.06. The Balaban J connectivity index is 1.63. The first-order valence-corrected chi connectivity index (χ1v) is 14.2. The molecule has 0 radical (unpaired) electrons. The number of hydrogen-bond acceptors (Lipinski definition) is 6. The number of rotatable bonds is 9. The molecule has 1 aromatic carbocycles. The van der Waals surface area contributed by atoms with Gasteiger partial charge in [0.15, 0.2) is 19.3 Å². The van der Waals surface area contributed by atoms with Crippen LogP contribution in [0.1, 0.15) is 32.8 Å². The molecule has 0 spiro atoms. The third-order valence-corrected chi connectivity index (χ3v) is 11.5. The molecule has 1 aliphatic carbocycles. The van der Waals surface area contributed by atoms with Gasteiger partial charge < -0.3 is 20.2 Å². The highest BCUT2D eigenvalue weighted by Gasteiger charge is 2.44. The third-order valence-electron chi connectivity index (χ3n) is 6.72. The van der Waals surface area contributed by atoms with Crippen LogP contribution in [0.4, 0.5) is 11.5 Å². The van der Waals surface area contributed by atoms with Crippen molar-refractivity contribution in [3.8, 4) is 0 Å². The first-order chi connectivity index (χ1) is 14.6. The van der Waals surface area contributed by atoms with E-state index in [1.54, 1.807) is 0 Å². The summed E-state index contributed by atoms with van der Waals surface area (Å²) in [5, 5.41) is 3.92. The number of nitrogen functional groups attached to an aromatic ring is 1. The van der Waals surface area contributed by atoms with Crippen molar-refractivity contribution in [1.29, 1.82) is 0 Å². The zero-order valence-electron chi connectivity index (χ0n) is 19.2. The molecule has 1 aliphatic rings. The minimum atomic E-state index is -1.80. The highest BCUT2D eigenvalue weighted by molar-refractivity contribution is 6.74. The number of halogens is 1. The van der Waals surface area contributed by atoms with E-state index in [0.717, 1.165) is 13.0 Å². The smallest absolute Gasteiger partial charge is 0.191 e. The molecule has 3 N–H and O–H groups in total. The van der Waals surface area contributed by atoms with E-state index in [0.29, 0.717) is 36.6 Å². The number of nitrogens with one attached hydrogen (secondary N) is 1. The fraction of sp³-hybridized carbons (Fsp3) is 0.565. The van der Waals surface area contributed by atoms with Gasteiger partial charge in [-0.15, -0.1) is 0 Å². The van der Waals surface area contributed by atoms with Crippen molar-refractivity contribution >= 4 is 31.4 Å². The van der Waals surface area contributed by atoms with Gasteiger partial charge in [-0.1, -0.05) is 62.7 Å². The van der Waals surface area contributed by atoms with Gasteiger partial charge in [0.05, 0.1) is 13.2 Å². The first-order valence-electron chi connectivity index (χ1n) is 10.9. The number of hydrogen-bond donors (Lipinski definition) is 2. The number of ether oxygens (including phenoxy) is 1. The molecule has 3 atom stereocenters. The lowest BCUT2D eigenvalue weighted by molar-refractivity contribution is -0.00562. The maximum Gasteiger partial charge on any atom is 0.191 e. The summed E-state index contributed by atoms with van der Waals surface area (Å²) in [7, 11) is -1.80. The molecule has 1 fully saturated rings. The van der Waals surface area contributed by atoms with Crippen molar-refractivity contribution in [1.82, 2.24) is 9.97 Å². The number of aromatic nitrogens is 2. The van der Waals surface area contributed by atoms with Crippen molar-refractivity contribution < 1.29 is 9.16 Å². The van der Waals surface area contributed by atoms with Crippen LogP contribution in [0.2, 0.25) is 23.3 Å². The van der Waals surface area contributed by atoms with Crippen LogP contribution in [0.3, 0.4) is 0 Å². The molecule has 8 heteroatoms. The summed E-state index contributed by atoms with van der Waals surface area (Å²) < 4.78 is 12.6. The summed E-state index contributed by atoms with van der Waals surface area (Å²) in [4.78, 5) is 8.21. The molecule has 0 saturated heterocycles. The van der Waals surface area contributed by atoms with Crippen LogP contribution in [-0.2, 0) is 15.8 Å². The maximum atomic E-state index is 6.52. The van der Waals surface area contributed by atoms with Crippen molar-refractivity contribution in [2.45, 2.75) is 58.0 Å². The minimum Gasteiger partial charge on any atom is -0.417 e. The van der Waals surface area contributed by atoms with Crippen LogP contribution in [0, 0.1) is 11.8 Å². The van der Waals surface area contributed by atoms with Gasteiger partial charge in [-0.3, -0.25) is 0 Å². The van der Waals surface area contributed by atoms with E-state index < -0.39 is 8.32 Å². The Bertz CT molecular complexity index is 860. The summed E-state index contributed by atoms with van der Waals surface area (Å²) in [6, 6.07) is 10.4. The van der Waals surface area contributed by atoms with Crippen LogP contribution in [0.15, 0.2) is 36.7 Å². The van der Waals surface area contributed by atoms with Crippen LogP contribution in [0.25, 0.3) is 0 Å². The highest BCUT2D eigenvalue weighted by atomic mass is 35.5. The molecule has 2 aromatic rings. The number of benzene rings is 1. The Morgan fingerprint density at radius 1 is 1.16 bits per heavy atom. The Morgan fingerprint density at radius 3 is 2.55 bits per heavy atom. The maximum absolute atomic E-state index is 6.52. The number of nitrogens with two attached hydrogens (primary N) is 1. The van der Waals surface area contributed by atoms with Gasteiger partial charge in [0, 0.05) is 18.6 Å². The number of anilines is 2. The molecule has 0 amide bonds. The molecule has 0 unspecified atom stereocenters. The molecule has 1 aromatic heterocycles. The molecule has 1 heterocycles. The predicted molar refractivity (Wildman–Crippen MR) is 130 cm³/mol. The fourth-order valence-electron chi connectivity index (χ4n) is 3.50. The molecule has 3 rings (SSSR count). The fourth-order valence-corrected chi connectivity index (χ4v) is 4.70. The lowest BCUT2D eigenvalue weighted by atomic mass is 9.70.